The molecule has 0 saturated carbocycles. The molecule has 1 aromatic carbocycles. The van der Waals surface area contributed by atoms with Crippen LogP contribution < -0.4 is 16.6 Å². The van der Waals surface area contributed by atoms with Crippen molar-refractivity contribution in [1.29, 1.82) is 0 Å². The maximum Gasteiger partial charge on any atom is 0.265 e. The first-order valence-electron chi connectivity index (χ1n) is 6.79. The van der Waals surface area contributed by atoms with Crippen LogP contribution in [0.3, 0.4) is 0 Å². The van der Waals surface area contributed by atoms with E-state index >= 15 is 0 Å². The van der Waals surface area contributed by atoms with Gasteiger partial charge in [0.2, 0.25) is 5.91 Å². The second kappa shape index (κ2) is 7.16. The molecule has 1 fully saturated rings. The Morgan fingerprint density at radius 1 is 1.48 bits per heavy atom. The highest BCUT2D eigenvalue weighted by molar-refractivity contribution is 5.93. The molecular weight excluding hydrogens is 272 g/mol. The van der Waals surface area contributed by atoms with Crippen LogP contribution in [0.2, 0.25) is 0 Å². The number of morpholine rings is 1. The lowest BCUT2D eigenvalue weighted by molar-refractivity contribution is -0.132. The highest BCUT2D eigenvalue weighted by Crippen LogP contribution is 2.14. The number of hydrogen-bond donors (Lipinski definition) is 3. The smallest absolute Gasteiger partial charge is 0.265 e. The van der Waals surface area contributed by atoms with E-state index in [1.54, 1.807) is 25.2 Å². The first-order valence-corrected chi connectivity index (χ1v) is 6.79. The summed E-state index contributed by atoms with van der Waals surface area (Å²) in [6.07, 6.45) is 0. The minimum atomic E-state index is -0.332. The fourth-order valence-corrected chi connectivity index (χ4v) is 2.36. The molecule has 2 rings (SSSR count). The molecule has 1 heterocycles. The number of nitrogens with zero attached hydrogens (tertiary/aromatic N) is 1. The van der Waals surface area contributed by atoms with Crippen molar-refractivity contribution in [3.63, 3.8) is 0 Å². The number of likely N-dealkylation sites (N-methyl/N-ethyl adjacent to an activating group) is 1. The van der Waals surface area contributed by atoms with Gasteiger partial charge in [0.25, 0.3) is 5.91 Å². The van der Waals surface area contributed by atoms with Gasteiger partial charge in [0, 0.05) is 25.7 Å². The molecule has 7 heteroatoms. The normalized spacial score (nSPS) is 19.0. The van der Waals surface area contributed by atoms with E-state index in [0.29, 0.717) is 31.9 Å². The molecule has 0 spiro atoms. The number of benzene rings is 1. The average Bonchev–Trinajstić information content (AvgIpc) is 2.54. The Morgan fingerprint density at radius 2 is 2.29 bits per heavy atom. The van der Waals surface area contributed by atoms with Gasteiger partial charge in [-0.1, -0.05) is 12.1 Å². The van der Waals surface area contributed by atoms with Gasteiger partial charge in [-0.2, -0.15) is 0 Å². The number of amides is 2. The van der Waals surface area contributed by atoms with Crippen molar-refractivity contribution in [3.8, 4) is 0 Å². The summed E-state index contributed by atoms with van der Waals surface area (Å²) in [5, 5.41) is 2.65. The van der Waals surface area contributed by atoms with Crippen molar-refractivity contribution in [2.24, 2.45) is 5.84 Å². The predicted octanol–water partition coefficient (Wildman–Crippen LogP) is -0.763. The van der Waals surface area contributed by atoms with E-state index in [9.17, 15) is 9.59 Å². The maximum atomic E-state index is 11.9. The summed E-state index contributed by atoms with van der Waals surface area (Å²) in [7, 11) is 1.61. The number of rotatable bonds is 4. The molecule has 0 aromatic heterocycles. The maximum absolute atomic E-state index is 11.9. The highest BCUT2D eigenvalue weighted by Gasteiger charge is 2.28. The van der Waals surface area contributed by atoms with Crippen LogP contribution >= 0.6 is 0 Å². The van der Waals surface area contributed by atoms with Crippen molar-refractivity contribution in [2.45, 2.75) is 12.6 Å². The minimum Gasteiger partial charge on any atom is -0.378 e. The van der Waals surface area contributed by atoms with Crippen LogP contribution in [0.15, 0.2) is 24.3 Å². The van der Waals surface area contributed by atoms with E-state index in [4.69, 9.17) is 10.6 Å². The topological polar surface area (TPSA) is 96.7 Å². The van der Waals surface area contributed by atoms with Crippen LogP contribution in [0.5, 0.6) is 0 Å². The molecule has 1 unspecified atom stereocenters. The van der Waals surface area contributed by atoms with Gasteiger partial charge in [0.05, 0.1) is 13.2 Å². The van der Waals surface area contributed by atoms with Gasteiger partial charge >= 0.3 is 0 Å². The molecule has 1 saturated heterocycles. The molecule has 21 heavy (non-hydrogen) atoms. The van der Waals surface area contributed by atoms with Crippen molar-refractivity contribution >= 4 is 11.8 Å². The molecule has 1 aromatic rings. The molecule has 1 atom stereocenters. The molecule has 0 aliphatic carbocycles. The summed E-state index contributed by atoms with van der Waals surface area (Å²) in [5.74, 6) is 4.74. The molecule has 1 aliphatic heterocycles. The Labute approximate surface area is 123 Å². The standard InChI is InChI=1S/C14H20N4O3/c1-16-14(20)12-9-21-6-5-18(12)8-10-3-2-4-11(7-10)13(19)17-15/h2-4,7,12H,5-6,8-9,15H2,1H3,(H,16,20)(H,17,19). The van der Waals surface area contributed by atoms with E-state index in [1.807, 2.05) is 11.0 Å². The van der Waals surface area contributed by atoms with Crippen molar-refractivity contribution < 1.29 is 14.3 Å². The number of hydrazine groups is 1. The first-order chi connectivity index (χ1) is 10.2. The van der Waals surface area contributed by atoms with Gasteiger partial charge in [0.1, 0.15) is 6.04 Å². The average molecular weight is 292 g/mol. The molecule has 7 nitrogen and oxygen atoms in total. The third-order valence-corrected chi connectivity index (χ3v) is 3.49. The Kier molecular flexibility index (Phi) is 5.26. The van der Waals surface area contributed by atoms with Gasteiger partial charge in [-0.3, -0.25) is 19.9 Å². The lowest BCUT2D eigenvalue weighted by atomic mass is 10.1. The number of nitrogens with one attached hydrogen (secondary N) is 2. The van der Waals surface area contributed by atoms with E-state index in [0.717, 1.165) is 5.56 Å². The zero-order valence-corrected chi connectivity index (χ0v) is 12.0. The van der Waals surface area contributed by atoms with Crippen molar-refractivity contribution in [2.75, 3.05) is 26.8 Å². The van der Waals surface area contributed by atoms with Gasteiger partial charge < -0.3 is 10.1 Å². The number of carbonyl (C=O) groups excluding carboxylic acids is 2. The number of hydrogen-bond acceptors (Lipinski definition) is 5. The van der Waals surface area contributed by atoms with Gasteiger partial charge in [0.15, 0.2) is 0 Å². The summed E-state index contributed by atoms with van der Waals surface area (Å²) in [6.45, 7) is 2.22. The molecule has 114 valence electrons. The Morgan fingerprint density at radius 3 is 3.00 bits per heavy atom. The number of nitrogen functional groups attached to an aromatic ring is 1. The first kappa shape index (κ1) is 15.4. The Hall–Kier alpha value is -1.96. The third kappa shape index (κ3) is 3.78. The Bertz CT molecular complexity index is 521. The lowest BCUT2D eigenvalue weighted by Gasteiger charge is -2.34. The van der Waals surface area contributed by atoms with Crippen LogP contribution in [0.1, 0.15) is 15.9 Å². The largest absolute Gasteiger partial charge is 0.378 e. The minimum absolute atomic E-state index is 0.0643. The lowest BCUT2D eigenvalue weighted by Crippen LogP contribution is -2.52. The van der Waals surface area contributed by atoms with E-state index in [-0.39, 0.29) is 17.9 Å². The number of nitrogens with two attached hydrogens (primary N) is 1. The van der Waals surface area contributed by atoms with Crippen LogP contribution in [0.25, 0.3) is 0 Å². The monoisotopic (exact) mass is 292 g/mol. The van der Waals surface area contributed by atoms with E-state index in [1.165, 1.54) is 0 Å². The van der Waals surface area contributed by atoms with Crippen LogP contribution in [0, 0.1) is 0 Å². The van der Waals surface area contributed by atoms with Crippen LogP contribution in [0.4, 0.5) is 0 Å². The molecule has 0 radical (unpaired) electrons. The fourth-order valence-electron chi connectivity index (χ4n) is 2.36. The fraction of sp³-hybridized carbons (Fsp3) is 0.429. The van der Waals surface area contributed by atoms with Crippen molar-refractivity contribution in [1.82, 2.24) is 15.6 Å². The van der Waals surface area contributed by atoms with Gasteiger partial charge in [-0.05, 0) is 17.7 Å². The predicted molar refractivity (Wildman–Crippen MR) is 77.2 cm³/mol. The number of ether oxygens (including phenoxy) is 1. The molecule has 1 aliphatic rings. The molecular formula is C14H20N4O3. The van der Waals surface area contributed by atoms with E-state index in [2.05, 4.69) is 10.7 Å². The third-order valence-electron chi connectivity index (χ3n) is 3.49. The second-order valence-electron chi connectivity index (χ2n) is 4.85. The zero-order chi connectivity index (χ0) is 15.2. The van der Waals surface area contributed by atoms with Crippen molar-refractivity contribution in [3.05, 3.63) is 35.4 Å². The molecule has 4 N–H and O–H groups in total. The van der Waals surface area contributed by atoms with Gasteiger partial charge in [-0.15, -0.1) is 0 Å². The summed E-state index contributed by atoms with van der Waals surface area (Å²) in [4.78, 5) is 25.5. The summed E-state index contributed by atoms with van der Waals surface area (Å²) in [5.41, 5.74) is 3.56. The van der Waals surface area contributed by atoms with Crippen LogP contribution in [-0.4, -0.2) is 49.6 Å². The van der Waals surface area contributed by atoms with Crippen LogP contribution in [-0.2, 0) is 16.1 Å². The van der Waals surface area contributed by atoms with Gasteiger partial charge in [-0.25, -0.2) is 5.84 Å². The number of carbonyl (C=O) groups is 2. The molecule has 0 bridgehead atoms. The summed E-state index contributed by atoms with van der Waals surface area (Å²) < 4.78 is 5.37. The second-order valence-corrected chi connectivity index (χ2v) is 4.85. The highest BCUT2D eigenvalue weighted by atomic mass is 16.5. The zero-order valence-electron chi connectivity index (χ0n) is 12.0. The quantitative estimate of drug-likeness (QED) is 0.385. The summed E-state index contributed by atoms with van der Waals surface area (Å²) >= 11 is 0. The molecule has 2 amide bonds. The SMILES string of the molecule is CNC(=O)C1COCCN1Cc1cccc(C(=O)NN)c1. The Balaban J connectivity index is 2.12. The summed E-state index contributed by atoms with van der Waals surface area (Å²) in [6, 6.07) is 6.88. The van der Waals surface area contributed by atoms with E-state index < -0.39 is 0 Å².